The molecule has 0 aromatic heterocycles. The molecule has 1 fully saturated rings. The summed E-state index contributed by atoms with van der Waals surface area (Å²) in [7, 11) is 2.12. The van der Waals surface area contributed by atoms with Gasteiger partial charge < -0.3 is 10.5 Å². The molecule has 0 amide bonds. The Labute approximate surface area is 120 Å². The van der Waals surface area contributed by atoms with Crippen molar-refractivity contribution in [3.05, 3.63) is 34.9 Å². The van der Waals surface area contributed by atoms with E-state index in [0.717, 1.165) is 30.0 Å². The Morgan fingerprint density at radius 2 is 2.21 bits per heavy atom. The van der Waals surface area contributed by atoms with Gasteiger partial charge in [0.2, 0.25) is 0 Å². The first-order valence-corrected chi connectivity index (χ1v) is 7.24. The van der Waals surface area contributed by atoms with Gasteiger partial charge in [-0.15, -0.1) is 0 Å². The fraction of sp³-hybridized carbons (Fsp3) is 0.600. The van der Waals surface area contributed by atoms with E-state index in [1.165, 1.54) is 0 Å². The van der Waals surface area contributed by atoms with E-state index < -0.39 is 0 Å². The number of hydrogen-bond acceptors (Lipinski definition) is 3. The second kappa shape index (κ2) is 6.23. The van der Waals surface area contributed by atoms with Crippen LogP contribution in [0.25, 0.3) is 0 Å². The molecule has 0 saturated carbocycles. The van der Waals surface area contributed by atoms with Gasteiger partial charge in [-0.1, -0.05) is 29.8 Å². The summed E-state index contributed by atoms with van der Waals surface area (Å²) in [5.41, 5.74) is 7.11. The van der Waals surface area contributed by atoms with Crippen LogP contribution in [0.4, 0.5) is 0 Å². The Balaban J connectivity index is 2.22. The minimum Gasteiger partial charge on any atom is -0.379 e. The number of nitrogens with zero attached hydrogens (tertiary/aromatic N) is 1. The Morgan fingerprint density at radius 1 is 1.47 bits per heavy atom. The normalized spacial score (nSPS) is 25.5. The zero-order chi connectivity index (χ0) is 13.9. The standard InChI is InChI=1S/C15H23ClN2O/c1-12(13-6-3-4-7-14(13)16)18(2)15(10-17)8-5-9-19-11-15/h3-4,6-7,12H,5,8-11,17H2,1-2H3. The smallest absolute Gasteiger partial charge is 0.0662 e. The third kappa shape index (κ3) is 2.95. The first kappa shape index (κ1) is 14.8. The molecule has 2 N–H and O–H groups in total. The Kier molecular flexibility index (Phi) is 4.85. The van der Waals surface area contributed by atoms with E-state index in [2.05, 4.69) is 24.9 Å². The Hall–Kier alpha value is -0.610. The van der Waals surface area contributed by atoms with E-state index in [9.17, 15) is 0 Å². The van der Waals surface area contributed by atoms with Crippen LogP contribution >= 0.6 is 11.6 Å². The number of benzene rings is 1. The van der Waals surface area contributed by atoms with Gasteiger partial charge in [-0.2, -0.15) is 0 Å². The summed E-state index contributed by atoms with van der Waals surface area (Å²) in [6.45, 7) is 4.33. The number of ether oxygens (including phenoxy) is 1. The minimum atomic E-state index is -0.0726. The Bertz CT molecular complexity index is 418. The first-order chi connectivity index (χ1) is 9.10. The van der Waals surface area contributed by atoms with E-state index in [1.54, 1.807) is 0 Å². The van der Waals surface area contributed by atoms with Gasteiger partial charge in [-0.25, -0.2) is 0 Å². The van der Waals surface area contributed by atoms with Crippen molar-refractivity contribution in [3.63, 3.8) is 0 Å². The van der Waals surface area contributed by atoms with Gasteiger partial charge >= 0.3 is 0 Å². The monoisotopic (exact) mass is 282 g/mol. The van der Waals surface area contributed by atoms with Crippen molar-refractivity contribution in [2.24, 2.45) is 5.73 Å². The third-order valence-electron chi connectivity index (χ3n) is 4.37. The highest BCUT2D eigenvalue weighted by Gasteiger charge is 2.38. The molecule has 1 aliphatic rings. The molecule has 4 heteroatoms. The molecule has 1 saturated heterocycles. The summed E-state index contributed by atoms with van der Waals surface area (Å²) in [4.78, 5) is 2.33. The predicted octanol–water partition coefficient (Wildman–Crippen LogP) is 2.84. The first-order valence-electron chi connectivity index (χ1n) is 6.86. The number of hydrogen-bond donors (Lipinski definition) is 1. The highest BCUT2D eigenvalue weighted by Crippen LogP contribution is 2.34. The molecule has 1 aromatic carbocycles. The van der Waals surface area contributed by atoms with Gasteiger partial charge in [-0.05, 0) is 38.4 Å². The lowest BCUT2D eigenvalue weighted by atomic mass is 9.88. The summed E-state index contributed by atoms with van der Waals surface area (Å²) in [6.07, 6.45) is 2.14. The molecule has 19 heavy (non-hydrogen) atoms. The average Bonchev–Trinajstić information content (AvgIpc) is 2.47. The van der Waals surface area contributed by atoms with Gasteiger partial charge in [0.1, 0.15) is 0 Å². The highest BCUT2D eigenvalue weighted by atomic mass is 35.5. The number of halogens is 1. The van der Waals surface area contributed by atoms with E-state index in [0.29, 0.717) is 13.2 Å². The zero-order valence-electron chi connectivity index (χ0n) is 11.7. The molecule has 2 atom stereocenters. The number of rotatable bonds is 4. The fourth-order valence-electron chi connectivity index (χ4n) is 2.85. The van der Waals surface area contributed by atoms with Crippen LogP contribution in [0.1, 0.15) is 31.4 Å². The summed E-state index contributed by atoms with van der Waals surface area (Å²) in [5, 5.41) is 0.811. The molecular formula is C15H23ClN2O. The maximum absolute atomic E-state index is 6.30. The van der Waals surface area contributed by atoms with Crippen molar-refractivity contribution in [1.29, 1.82) is 0 Å². The number of likely N-dealkylation sites (N-methyl/N-ethyl adjacent to an activating group) is 1. The minimum absolute atomic E-state index is 0.0726. The SMILES string of the molecule is CC(c1ccccc1Cl)N(C)C1(CN)CCCOC1. The van der Waals surface area contributed by atoms with Gasteiger partial charge in [0.15, 0.2) is 0 Å². The van der Waals surface area contributed by atoms with Crippen molar-refractivity contribution >= 4 is 11.6 Å². The molecule has 0 aliphatic carbocycles. The van der Waals surface area contributed by atoms with Crippen LogP contribution in [-0.2, 0) is 4.74 Å². The molecule has 1 heterocycles. The summed E-state index contributed by atoms with van der Waals surface area (Å²) in [6, 6.07) is 8.23. The van der Waals surface area contributed by atoms with Crippen LogP contribution in [0, 0.1) is 0 Å². The van der Waals surface area contributed by atoms with E-state index in [1.807, 2.05) is 18.2 Å². The van der Waals surface area contributed by atoms with Crippen LogP contribution in [0.15, 0.2) is 24.3 Å². The van der Waals surface area contributed by atoms with Crippen molar-refractivity contribution in [2.75, 3.05) is 26.8 Å². The van der Waals surface area contributed by atoms with Crippen LogP contribution < -0.4 is 5.73 Å². The van der Waals surface area contributed by atoms with Crippen molar-refractivity contribution < 1.29 is 4.74 Å². The molecule has 2 rings (SSSR count). The molecule has 0 spiro atoms. The fourth-order valence-corrected chi connectivity index (χ4v) is 3.15. The summed E-state index contributed by atoms with van der Waals surface area (Å²) >= 11 is 6.30. The maximum atomic E-state index is 6.30. The summed E-state index contributed by atoms with van der Waals surface area (Å²) in [5.74, 6) is 0. The number of nitrogens with two attached hydrogens (primary N) is 1. The molecule has 106 valence electrons. The van der Waals surface area contributed by atoms with Gasteiger partial charge in [0, 0.05) is 24.2 Å². The lowest BCUT2D eigenvalue weighted by Crippen LogP contribution is -2.57. The molecule has 2 unspecified atom stereocenters. The molecule has 3 nitrogen and oxygen atoms in total. The average molecular weight is 283 g/mol. The maximum Gasteiger partial charge on any atom is 0.0662 e. The second-order valence-corrected chi connectivity index (χ2v) is 5.80. The quantitative estimate of drug-likeness (QED) is 0.923. The van der Waals surface area contributed by atoms with E-state index >= 15 is 0 Å². The lowest BCUT2D eigenvalue weighted by molar-refractivity contribution is -0.0488. The summed E-state index contributed by atoms with van der Waals surface area (Å²) < 4.78 is 5.66. The van der Waals surface area contributed by atoms with Crippen LogP contribution in [0.5, 0.6) is 0 Å². The lowest BCUT2D eigenvalue weighted by Gasteiger charge is -2.46. The van der Waals surface area contributed by atoms with Crippen LogP contribution in [0.3, 0.4) is 0 Å². The van der Waals surface area contributed by atoms with Crippen molar-refractivity contribution in [2.45, 2.75) is 31.3 Å². The zero-order valence-corrected chi connectivity index (χ0v) is 12.5. The van der Waals surface area contributed by atoms with Crippen molar-refractivity contribution in [1.82, 2.24) is 4.90 Å². The third-order valence-corrected chi connectivity index (χ3v) is 4.71. The molecule has 1 aromatic rings. The largest absolute Gasteiger partial charge is 0.379 e. The van der Waals surface area contributed by atoms with Gasteiger partial charge in [-0.3, -0.25) is 4.90 Å². The topological polar surface area (TPSA) is 38.5 Å². The van der Waals surface area contributed by atoms with Crippen LogP contribution in [0.2, 0.25) is 5.02 Å². The van der Waals surface area contributed by atoms with Gasteiger partial charge in [0.05, 0.1) is 12.1 Å². The molecule has 0 radical (unpaired) electrons. The van der Waals surface area contributed by atoms with Gasteiger partial charge in [0.25, 0.3) is 0 Å². The predicted molar refractivity (Wildman–Crippen MR) is 79.5 cm³/mol. The highest BCUT2D eigenvalue weighted by molar-refractivity contribution is 6.31. The van der Waals surface area contributed by atoms with Crippen LogP contribution in [-0.4, -0.2) is 37.2 Å². The molecule has 1 aliphatic heterocycles. The Morgan fingerprint density at radius 3 is 2.79 bits per heavy atom. The molecule has 0 bridgehead atoms. The van der Waals surface area contributed by atoms with E-state index in [-0.39, 0.29) is 11.6 Å². The molecular weight excluding hydrogens is 260 g/mol. The van der Waals surface area contributed by atoms with Crippen molar-refractivity contribution in [3.8, 4) is 0 Å². The second-order valence-electron chi connectivity index (χ2n) is 5.39. The van der Waals surface area contributed by atoms with E-state index in [4.69, 9.17) is 22.1 Å².